The Morgan fingerprint density at radius 1 is 1.30 bits per heavy atom. The van der Waals surface area contributed by atoms with Gasteiger partial charge in [0.05, 0.1) is 0 Å². The van der Waals surface area contributed by atoms with Gasteiger partial charge in [-0.25, -0.2) is 4.98 Å². The molecule has 2 aromatic heterocycles. The summed E-state index contributed by atoms with van der Waals surface area (Å²) in [6.07, 6.45) is 8.03. The molecule has 0 unspecified atom stereocenters. The van der Waals surface area contributed by atoms with Crippen molar-refractivity contribution >= 4 is 5.91 Å². The highest BCUT2D eigenvalue weighted by Gasteiger charge is 2.18. The third kappa shape index (κ3) is 2.54. The van der Waals surface area contributed by atoms with Crippen LogP contribution in [0.1, 0.15) is 42.0 Å². The smallest absolute Gasteiger partial charge is 0.272 e. The van der Waals surface area contributed by atoms with Crippen LogP contribution in [0.25, 0.3) is 5.82 Å². The fraction of sp³-hybridized carbons (Fsp3) is 0.429. The fourth-order valence-electron chi connectivity index (χ4n) is 2.52. The summed E-state index contributed by atoms with van der Waals surface area (Å²) in [4.78, 5) is 16.2. The first-order valence-corrected chi connectivity index (χ1v) is 6.89. The Balaban J connectivity index is 1.72. The molecule has 0 aromatic carbocycles. The zero-order valence-corrected chi connectivity index (χ0v) is 11.4. The summed E-state index contributed by atoms with van der Waals surface area (Å²) in [6, 6.07) is 3.77. The molecule has 0 atom stereocenters. The van der Waals surface area contributed by atoms with Crippen LogP contribution in [0.4, 0.5) is 0 Å². The van der Waals surface area contributed by atoms with Crippen LogP contribution in [0, 0.1) is 6.92 Å². The molecule has 2 heterocycles. The lowest BCUT2D eigenvalue weighted by Crippen LogP contribution is -2.33. The standard InChI is InChI=1S/C14H17N5O/c1-10-15-8-9-19(10)13-7-6-12(17-18-13)14(20)16-11-4-2-3-5-11/h6-9,11H,2-5H2,1H3,(H,16,20). The molecule has 1 N–H and O–H groups in total. The van der Waals surface area contributed by atoms with Gasteiger partial charge in [0.25, 0.3) is 5.91 Å². The predicted octanol–water partition coefficient (Wildman–Crippen LogP) is 1.64. The van der Waals surface area contributed by atoms with Crippen molar-refractivity contribution in [2.75, 3.05) is 0 Å². The van der Waals surface area contributed by atoms with E-state index in [4.69, 9.17) is 0 Å². The van der Waals surface area contributed by atoms with Gasteiger partial charge >= 0.3 is 0 Å². The van der Waals surface area contributed by atoms with Crippen LogP contribution in [0.15, 0.2) is 24.5 Å². The molecule has 0 bridgehead atoms. The summed E-state index contributed by atoms with van der Waals surface area (Å²) >= 11 is 0. The molecule has 6 heteroatoms. The molecule has 6 nitrogen and oxygen atoms in total. The lowest BCUT2D eigenvalue weighted by molar-refractivity contribution is 0.0932. The minimum Gasteiger partial charge on any atom is -0.348 e. The van der Waals surface area contributed by atoms with Crippen LogP contribution in [0.3, 0.4) is 0 Å². The van der Waals surface area contributed by atoms with Gasteiger partial charge in [-0.2, -0.15) is 0 Å². The number of hydrogen-bond donors (Lipinski definition) is 1. The topological polar surface area (TPSA) is 72.7 Å². The van der Waals surface area contributed by atoms with Gasteiger partial charge in [-0.15, -0.1) is 10.2 Å². The van der Waals surface area contributed by atoms with Gasteiger partial charge in [-0.1, -0.05) is 12.8 Å². The maximum atomic E-state index is 12.0. The van der Waals surface area contributed by atoms with Crippen molar-refractivity contribution in [1.82, 2.24) is 25.1 Å². The molecule has 1 amide bonds. The second kappa shape index (κ2) is 5.40. The van der Waals surface area contributed by atoms with E-state index < -0.39 is 0 Å². The number of carbonyl (C=O) groups is 1. The van der Waals surface area contributed by atoms with Crippen LogP contribution in [-0.4, -0.2) is 31.7 Å². The molecule has 3 rings (SSSR count). The van der Waals surface area contributed by atoms with E-state index in [1.807, 2.05) is 17.7 Å². The van der Waals surface area contributed by atoms with Gasteiger partial charge in [0.1, 0.15) is 5.82 Å². The summed E-state index contributed by atoms with van der Waals surface area (Å²) < 4.78 is 1.83. The largest absolute Gasteiger partial charge is 0.348 e. The highest BCUT2D eigenvalue weighted by Crippen LogP contribution is 2.18. The van der Waals surface area contributed by atoms with E-state index in [-0.39, 0.29) is 5.91 Å². The Morgan fingerprint density at radius 3 is 2.70 bits per heavy atom. The molecule has 20 heavy (non-hydrogen) atoms. The predicted molar refractivity (Wildman–Crippen MR) is 73.6 cm³/mol. The summed E-state index contributed by atoms with van der Waals surface area (Å²) in [5.41, 5.74) is 0.360. The number of nitrogens with one attached hydrogen (secondary N) is 1. The molecule has 1 aliphatic rings. The van der Waals surface area contributed by atoms with Crippen molar-refractivity contribution in [3.05, 3.63) is 36.0 Å². The van der Waals surface area contributed by atoms with Gasteiger partial charge in [0.2, 0.25) is 0 Å². The van der Waals surface area contributed by atoms with E-state index in [0.717, 1.165) is 18.7 Å². The van der Waals surface area contributed by atoms with Crippen molar-refractivity contribution in [3.63, 3.8) is 0 Å². The number of rotatable bonds is 3. The quantitative estimate of drug-likeness (QED) is 0.921. The van der Waals surface area contributed by atoms with Crippen molar-refractivity contribution < 1.29 is 4.79 Å². The number of aryl methyl sites for hydroxylation is 1. The average Bonchev–Trinajstić information content (AvgIpc) is 3.10. The van der Waals surface area contributed by atoms with Crippen LogP contribution in [-0.2, 0) is 0 Å². The number of imidazole rings is 1. The van der Waals surface area contributed by atoms with Crippen LogP contribution >= 0.6 is 0 Å². The number of amides is 1. The van der Waals surface area contributed by atoms with Crippen molar-refractivity contribution in [3.8, 4) is 5.82 Å². The summed E-state index contributed by atoms with van der Waals surface area (Å²) in [6.45, 7) is 1.89. The van der Waals surface area contributed by atoms with E-state index in [9.17, 15) is 4.79 Å². The molecular weight excluding hydrogens is 254 g/mol. The first kappa shape index (κ1) is 12.8. The molecule has 0 saturated heterocycles. The SMILES string of the molecule is Cc1nccn1-c1ccc(C(=O)NC2CCCC2)nn1. The number of aromatic nitrogens is 4. The third-order valence-corrected chi connectivity index (χ3v) is 3.65. The molecular formula is C14H17N5O. The van der Waals surface area contributed by atoms with Gasteiger partial charge < -0.3 is 5.32 Å². The maximum Gasteiger partial charge on any atom is 0.272 e. The van der Waals surface area contributed by atoms with Crippen molar-refractivity contribution in [2.24, 2.45) is 0 Å². The Hall–Kier alpha value is -2.24. The van der Waals surface area contributed by atoms with Crippen molar-refractivity contribution in [2.45, 2.75) is 38.6 Å². The van der Waals surface area contributed by atoms with Crippen LogP contribution in [0.5, 0.6) is 0 Å². The zero-order chi connectivity index (χ0) is 13.9. The highest BCUT2D eigenvalue weighted by molar-refractivity contribution is 5.92. The average molecular weight is 271 g/mol. The van der Waals surface area contributed by atoms with Crippen LogP contribution in [0.2, 0.25) is 0 Å². The monoisotopic (exact) mass is 271 g/mol. The number of nitrogens with zero attached hydrogens (tertiary/aromatic N) is 4. The second-order valence-corrected chi connectivity index (χ2v) is 5.08. The van der Waals surface area contributed by atoms with Gasteiger partial charge in [-0.3, -0.25) is 9.36 Å². The molecule has 1 saturated carbocycles. The zero-order valence-electron chi connectivity index (χ0n) is 11.4. The molecule has 104 valence electrons. The minimum absolute atomic E-state index is 0.140. The Labute approximate surface area is 117 Å². The van der Waals surface area contributed by atoms with E-state index in [1.54, 1.807) is 18.3 Å². The Morgan fingerprint density at radius 2 is 2.10 bits per heavy atom. The Kier molecular flexibility index (Phi) is 3.45. The first-order valence-electron chi connectivity index (χ1n) is 6.89. The number of hydrogen-bond acceptors (Lipinski definition) is 4. The number of carbonyl (C=O) groups excluding carboxylic acids is 1. The molecule has 2 aromatic rings. The van der Waals surface area contributed by atoms with Crippen LogP contribution < -0.4 is 5.32 Å². The molecule has 0 aliphatic heterocycles. The fourth-order valence-corrected chi connectivity index (χ4v) is 2.52. The lowest BCUT2D eigenvalue weighted by Gasteiger charge is -2.11. The molecule has 1 fully saturated rings. The minimum atomic E-state index is -0.140. The molecule has 0 spiro atoms. The van der Waals surface area contributed by atoms with Gasteiger partial charge in [0, 0.05) is 18.4 Å². The summed E-state index contributed by atoms with van der Waals surface area (Å²) in [7, 11) is 0. The van der Waals surface area contributed by atoms with E-state index in [1.165, 1.54) is 12.8 Å². The highest BCUT2D eigenvalue weighted by atomic mass is 16.2. The Bertz CT molecular complexity index is 598. The van der Waals surface area contributed by atoms with Gasteiger partial charge in [0.15, 0.2) is 11.5 Å². The molecule has 1 aliphatic carbocycles. The van der Waals surface area contributed by atoms with E-state index in [2.05, 4.69) is 20.5 Å². The van der Waals surface area contributed by atoms with E-state index in [0.29, 0.717) is 17.6 Å². The third-order valence-electron chi connectivity index (χ3n) is 3.65. The van der Waals surface area contributed by atoms with Gasteiger partial charge in [-0.05, 0) is 31.9 Å². The summed E-state index contributed by atoms with van der Waals surface area (Å²) in [5, 5.41) is 11.1. The van der Waals surface area contributed by atoms with Crippen molar-refractivity contribution in [1.29, 1.82) is 0 Å². The first-order chi connectivity index (χ1) is 9.74. The second-order valence-electron chi connectivity index (χ2n) is 5.08. The molecule has 0 radical (unpaired) electrons. The van der Waals surface area contributed by atoms with E-state index >= 15 is 0 Å². The normalized spacial score (nSPS) is 15.4. The lowest BCUT2D eigenvalue weighted by atomic mass is 10.2. The maximum absolute atomic E-state index is 12.0. The summed E-state index contributed by atoms with van der Waals surface area (Å²) in [5.74, 6) is 1.36.